The van der Waals surface area contributed by atoms with Gasteiger partial charge in [-0.25, -0.2) is 5.10 Å². The number of rotatable bonds is 4. The largest absolute Gasteiger partial charge is 0.497 e. The molecule has 0 atom stereocenters. The highest BCUT2D eigenvalue weighted by atomic mass is 32.1. The fourth-order valence-corrected chi connectivity index (χ4v) is 2.31. The van der Waals surface area contributed by atoms with E-state index in [9.17, 15) is 0 Å². The van der Waals surface area contributed by atoms with Gasteiger partial charge >= 0.3 is 0 Å². The second-order valence-corrected chi connectivity index (χ2v) is 5.44. The number of aryl methyl sites for hydroxylation is 1. The number of hydrogen-bond donors (Lipinski definition) is 1. The van der Waals surface area contributed by atoms with E-state index in [2.05, 4.69) is 15.3 Å². The Labute approximate surface area is 139 Å². The van der Waals surface area contributed by atoms with Gasteiger partial charge in [0, 0.05) is 5.56 Å². The minimum absolute atomic E-state index is 0.444. The van der Waals surface area contributed by atoms with E-state index in [1.54, 1.807) is 18.0 Å². The topological polar surface area (TPSA) is 55.2 Å². The number of nitrogens with one attached hydrogen (secondary N) is 1. The van der Waals surface area contributed by atoms with E-state index in [-0.39, 0.29) is 0 Å². The lowest BCUT2D eigenvalue weighted by molar-refractivity contribution is 0.415. The van der Waals surface area contributed by atoms with Gasteiger partial charge in [-0.05, 0) is 36.8 Å². The van der Waals surface area contributed by atoms with Crippen LogP contribution >= 0.6 is 12.2 Å². The average Bonchev–Trinajstić information content (AvgIpc) is 2.94. The standard InChI is InChI=1S/C17H16N4OS/c1-12-6-8-14(9-7-12)16-19-20-17(23)21(16)18-11-13-4-3-5-15(10-13)22-2/h3-11H,1-2H3,(H,20,23)/b18-11-. The predicted octanol–water partition coefficient (Wildman–Crippen LogP) is 3.81. The third-order valence-corrected chi connectivity index (χ3v) is 3.64. The van der Waals surface area contributed by atoms with Crippen molar-refractivity contribution in [1.29, 1.82) is 0 Å². The molecule has 5 nitrogen and oxygen atoms in total. The van der Waals surface area contributed by atoms with Crippen molar-refractivity contribution in [3.05, 3.63) is 64.4 Å². The number of benzene rings is 2. The molecule has 0 aliphatic carbocycles. The summed E-state index contributed by atoms with van der Waals surface area (Å²) in [5, 5.41) is 11.5. The molecule has 0 unspecified atom stereocenters. The van der Waals surface area contributed by atoms with Crippen molar-refractivity contribution < 1.29 is 4.74 Å². The summed E-state index contributed by atoms with van der Waals surface area (Å²) < 4.78 is 7.27. The van der Waals surface area contributed by atoms with Crippen LogP contribution in [-0.4, -0.2) is 28.2 Å². The summed E-state index contributed by atoms with van der Waals surface area (Å²) in [4.78, 5) is 0. The van der Waals surface area contributed by atoms with Crippen LogP contribution in [0, 0.1) is 11.7 Å². The van der Waals surface area contributed by atoms with Crippen LogP contribution in [0.1, 0.15) is 11.1 Å². The maximum Gasteiger partial charge on any atom is 0.216 e. The first-order valence-corrected chi connectivity index (χ1v) is 7.51. The first-order valence-electron chi connectivity index (χ1n) is 7.10. The van der Waals surface area contributed by atoms with Crippen molar-refractivity contribution in [2.45, 2.75) is 6.92 Å². The summed E-state index contributed by atoms with van der Waals surface area (Å²) in [7, 11) is 1.64. The second kappa shape index (κ2) is 6.58. The van der Waals surface area contributed by atoms with Crippen molar-refractivity contribution in [2.75, 3.05) is 7.11 Å². The van der Waals surface area contributed by atoms with Gasteiger partial charge in [0.25, 0.3) is 0 Å². The summed E-state index contributed by atoms with van der Waals surface area (Å²) in [6.45, 7) is 2.04. The first-order chi connectivity index (χ1) is 11.2. The molecule has 1 heterocycles. The molecule has 23 heavy (non-hydrogen) atoms. The van der Waals surface area contributed by atoms with Crippen LogP contribution in [0.5, 0.6) is 5.75 Å². The highest BCUT2D eigenvalue weighted by molar-refractivity contribution is 7.71. The van der Waals surface area contributed by atoms with Gasteiger partial charge in [-0.1, -0.05) is 42.0 Å². The molecule has 0 aliphatic heterocycles. The van der Waals surface area contributed by atoms with E-state index in [4.69, 9.17) is 17.0 Å². The van der Waals surface area contributed by atoms with E-state index >= 15 is 0 Å². The van der Waals surface area contributed by atoms with E-state index in [1.165, 1.54) is 5.56 Å². The van der Waals surface area contributed by atoms with Gasteiger partial charge in [0.2, 0.25) is 4.77 Å². The van der Waals surface area contributed by atoms with Crippen LogP contribution in [-0.2, 0) is 0 Å². The van der Waals surface area contributed by atoms with Crippen molar-refractivity contribution in [3.8, 4) is 17.1 Å². The van der Waals surface area contributed by atoms with Crippen molar-refractivity contribution in [3.63, 3.8) is 0 Å². The van der Waals surface area contributed by atoms with Crippen LogP contribution in [0.2, 0.25) is 0 Å². The van der Waals surface area contributed by atoms with E-state index in [0.29, 0.717) is 10.6 Å². The average molecular weight is 324 g/mol. The van der Waals surface area contributed by atoms with Crippen LogP contribution in [0.15, 0.2) is 53.6 Å². The van der Waals surface area contributed by atoms with Gasteiger partial charge in [0.1, 0.15) is 5.75 Å². The van der Waals surface area contributed by atoms with Crippen LogP contribution < -0.4 is 4.74 Å². The molecule has 0 saturated carbocycles. The molecule has 116 valence electrons. The number of methoxy groups -OCH3 is 1. The maximum atomic E-state index is 5.27. The molecule has 0 aliphatic rings. The molecule has 0 fully saturated rings. The van der Waals surface area contributed by atoms with E-state index in [0.717, 1.165) is 16.9 Å². The number of H-pyrrole nitrogens is 1. The summed E-state index contributed by atoms with van der Waals surface area (Å²) in [5.74, 6) is 1.46. The molecule has 0 radical (unpaired) electrons. The zero-order valence-electron chi connectivity index (χ0n) is 12.9. The molecular formula is C17H16N4OS. The number of aromatic nitrogens is 3. The molecular weight excluding hydrogens is 308 g/mol. The van der Waals surface area contributed by atoms with Crippen LogP contribution in [0.25, 0.3) is 11.4 Å². The molecule has 2 aromatic carbocycles. The summed E-state index contributed by atoms with van der Waals surface area (Å²) in [6.07, 6.45) is 1.73. The van der Waals surface area contributed by atoms with Gasteiger partial charge in [0.05, 0.1) is 13.3 Å². The lowest BCUT2D eigenvalue weighted by atomic mass is 10.1. The minimum Gasteiger partial charge on any atom is -0.497 e. The molecule has 0 saturated heterocycles. The normalized spacial score (nSPS) is 11.0. The van der Waals surface area contributed by atoms with Gasteiger partial charge in [-0.3, -0.25) is 0 Å². The second-order valence-electron chi connectivity index (χ2n) is 5.05. The zero-order valence-corrected chi connectivity index (χ0v) is 13.7. The fraction of sp³-hybridized carbons (Fsp3) is 0.118. The Morgan fingerprint density at radius 3 is 2.74 bits per heavy atom. The maximum absolute atomic E-state index is 5.27. The number of ether oxygens (including phenoxy) is 1. The third kappa shape index (κ3) is 3.37. The summed E-state index contributed by atoms with van der Waals surface area (Å²) >= 11 is 5.27. The predicted molar refractivity (Wildman–Crippen MR) is 93.6 cm³/mol. The Kier molecular flexibility index (Phi) is 4.34. The molecule has 1 N–H and O–H groups in total. The Hall–Kier alpha value is -2.73. The number of hydrogen-bond acceptors (Lipinski definition) is 4. The monoisotopic (exact) mass is 324 g/mol. The van der Waals surface area contributed by atoms with Crippen LogP contribution in [0.4, 0.5) is 0 Å². The van der Waals surface area contributed by atoms with Gasteiger partial charge in [0.15, 0.2) is 5.82 Å². The first kappa shape index (κ1) is 15.2. The van der Waals surface area contributed by atoms with Gasteiger partial charge in [-0.2, -0.15) is 14.9 Å². The van der Waals surface area contributed by atoms with Crippen molar-refractivity contribution >= 4 is 18.4 Å². The van der Waals surface area contributed by atoms with Crippen molar-refractivity contribution in [2.24, 2.45) is 5.10 Å². The quantitative estimate of drug-likeness (QED) is 0.586. The molecule has 1 aromatic heterocycles. The highest BCUT2D eigenvalue weighted by Gasteiger charge is 2.07. The highest BCUT2D eigenvalue weighted by Crippen LogP contribution is 2.18. The summed E-state index contributed by atoms with van der Waals surface area (Å²) in [6, 6.07) is 15.7. The Morgan fingerprint density at radius 2 is 2.00 bits per heavy atom. The Morgan fingerprint density at radius 1 is 1.22 bits per heavy atom. The minimum atomic E-state index is 0.444. The molecule has 0 amide bonds. The Bertz CT molecular complexity index is 893. The third-order valence-electron chi connectivity index (χ3n) is 3.38. The molecule has 3 aromatic rings. The van der Waals surface area contributed by atoms with Gasteiger partial charge < -0.3 is 4.74 Å². The lowest BCUT2D eigenvalue weighted by Gasteiger charge is -2.02. The molecule has 0 spiro atoms. The zero-order chi connectivity index (χ0) is 16.2. The lowest BCUT2D eigenvalue weighted by Crippen LogP contribution is -1.95. The summed E-state index contributed by atoms with van der Waals surface area (Å²) in [5.41, 5.74) is 3.06. The smallest absolute Gasteiger partial charge is 0.216 e. The number of aromatic amines is 1. The van der Waals surface area contributed by atoms with Crippen LogP contribution in [0.3, 0.4) is 0 Å². The fourth-order valence-electron chi connectivity index (χ4n) is 2.13. The van der Waals surface area contributed by atoms with E-state index in [1.807, 2.05) is 55.5 Å². The SMILES string of the molecule is COc1cccc(/C=N\n2c(-c3ccc(C)cc3)n[nH]c2=S)c1. The molecule has 0 bridgehead atoms. The number of nitrogens with zero attached hydrogens (tertiary/aromatic N) is 3. The van der Waals surface area contributed by atoms with Crippen molar-refractivity contribution in [1.82, 2.24) is 14.9 Å². The Balaban J connectivity index is 1.97. The molecule has 3 rings (SSSR count). The van der Waals surface area contributed by atoms with E-state index < -0.39 is 0 Å². The molecule has 6 heteroatoms. The van der Waals surface area contributed by atoms with Gasteiger partial charge in [-0.15, -0.1) is 0 Å².